The molecule has 2 N–H and O–H groups in total. The average Bonchev–Trinajstić information content (AvgIpc) is 2.85. The van der Waals surface area contributed by atoms with E-state index in [4.69, 9.17) is 4.74 Å². The van der Waals surface area contributed by atoms with Crippen LogP contribution in [-0.4, -0.2) is 37.0 Å². The van der Waals surface area contributed by atoms with Gasteiger partial charge in [0, 0.05) is 30.5 Å². The van der Waals surface area contributed by atoms with Gasteiger partial charge >= 0.3 is 0 Å². The first kappa shape index (κ1) is 21.4. The van der Waals surface area contributed by atoms with Gasteiger partial charge in [-0.2, -0.15) is 0 Å². The first-order valence-corrected chi connectivity index (χ1v) is 10.7. The molecule has 1 atom stereocenters. The lowest BCUT2D eigenvalue weighted by Crippen LogP contribution is -2.41. The highest BCUT2D eigenvalue weighted by molar-refractivity contribution is 6.05. The fraction of sp³-hybridized carbons (Fsp3) is 0.240. The number of carbonyl (C=O) groups excluding carboxylic acids is 2. The third kappa shape index (κ3) is 5.06. The van der Waals surface area contributed by atoms with Crippen molar-refractivity contribution in [1.29, 1.82) is 0 Å². The zero-order valence-corrected chi connectivity index (χ0v) is 18.0. The van der Waals surface area contributed by atoms with Crippen LogP contribution in [0, 0.1) is 5.92 Å². The molecule has 4 rings (SSSR count). The number of rotatable bonds is 6. The molecule has 1 aliphatic heterocycles. The number of aromatic nitrogens is 1. The summed E-state index contributed by atoms with van der Waals surface area (Å²) >= 11 is 0. The summed E-state index contributed by atoms with van der Waals surface area (Å²) in [7, 11) is 1.56. The van der Waals surface area contributed by atoms with Gasteiger partial charge in [-0.1, -0.05) is 18.2 Å². The number of piperidine rings is 1. The molecule has 3 aromatic rings. The normalized spacial score (nSPS) is 15.7. The maximum absolute atomic E-state index is 12.8. The number of hydrogen-bond acceptors (Lipinski definition) is 5. The zero-order valence-electron chi connectivity index (χ0n) is 18.0. The van der Waals surface area contributed by atoms with Gasteiger partial charge in [0.15, 0.2) is 0 Å². The van der Waals surface area contributed by atoms with Crippen molar-refractivity contribution in [3.63, 3.8) is 0 Å². The van der Waals surface area contributed by atoms with Crippen LogP contribution in [0.1, 0.15) is 23.2 Å². The molecule has 1 aliphatic rings. The molecular formula is C25H26N4O3. The molecule has 32 heavy (non-hydrogen) atoms. The lowest BCUT2D eigenvalue weighted by atomic mass is 9.97. The largest absolute Gasteiger partial charge is 0.495 e. The molecule has 7 nitrogen and oxygen atoms in total. The molecule has 0 spiro atoms. The van der Waals surface area contributed by atoms with Crippen LogP contribution >= 0.6 is 0 Å². The summed E-state index contributed by atoms with van der Waals surface area (Å²) in [6.07, 6.45) is 3.55. The Bertz CT molecular complexity index is 1070. The van der Waals surface area contributed by atoms with E-state index in [0.29, 0.717) is 29.2 Å². The first-order chi connectivity index (χ1) is 15.6. The third-order valence-corrected chi connectivity index (χ3v) is 5.54. The highest BCUT2D eigenvalue weighted by Crippen LogP contribution is 2.25. The topological polar surface area (TPSA) is 83.6 Å². The van der Waals surface area contributed by atoms with Crippen molar-refractivity contribution in [1.82, 2.24) is 4.98 Å². The van der Waals surface area contributed by atoms with Crippen LogP contribution in [0.25, 0.3) is 0 Å². The predicted octanol–water partition coefficient (Wildman–Crippen LogP) is 4.20. The van der Waals surface area contributed by atoms with E-state index < -0.39 is 0 Å². The van der Waals surface area contributed by atoms with Crippen molar-refractivity contribution < 1.29 is 14.3 Å². The van der Waals surface area contributed by atoms with Gasteiger partial charge in [0.25, 0.3) is 5.91 Å². The molecule has 0 saturated carbocycles. The summed E-state index contributed by atoms with van der Waals surface area (Å²) in [5.41, 5.74) is 1.76. The zero-order chi connectivity index (χ0) is 22.3. The summed E-state index contributed by atoms with van der Waals surface area (Å²) in [5.74, 6) is 1.12. The number of anilines is 3. The van der Waals surface area contributed by atoms with E-state index in [1.807, 2.05) is 30.3 Å². The maximum atomic E-state index is 12.8. The number of carbonyl (C=O) groups is 2. The maximum Gasteiger partial charge on any atom is 0.255 e. The summed E-state index contributed by atoms with van der Waals surface area (Å²) in [5, 5.41) is 5.83. The van der Waals surface area contributed by atoms with E-state index >= 15 is 0 Å². The second-order valence-corrected chi connectivity index (χ2v) is 7.69. The second kappa shape index (κ2) is 9.96. The summed E-state index contributed by atoms with van der Waals surface area (Å²) in [6.45, 7) is 1.54. The molecule has 1 unspecified atom stereocenters. The molecule has 2 aromatic carbocycles. The average molecular weight is 431 g/mol. The standard InChI is InChI=1S/C25H26N4O3/c1-32-22-9-3-2-8-21(22)28-24(30)18-11-13-20(14-12-18)27-25(31)19-7-6-16-29(17-19)23-10-4-5-15-26-23/h2-5,8-15,19H,6-7,16-17H2,1H3,(H,27,31)(H,28,30). The van der Waals surface area contributed by atoms with E-state index in [1.165, 1.54) is 0 Å². The van der Waals surface area contributed by atoms with Crippen molar-refractivity contribution >= 4 is 29.0 Å². The highest BCUT2D eigenvalue weighted by atomic mass is 16.5. The monoisotopic (exact) mass is 430 g/mol. The number of nitrogens with zero attached hydrogens (tertiary/aromatic N) is 2. The minimum Gasteiger partial charge on any atom is -0.495 e. The van der Waals surface area contributed by atoms with Crippen LogP contribution < -0.4 is 20.3 Å². The quantitative estimate of drug-likeness (QED) is 0.612. The highest BCUT2D eigenvalue weighted by Gasteiger charge is 2.26. The lowest BCUT2D eigenvalue weighted by molar-refractivity contribution is -0.120. The molecule has 164 valence electrons. The van der Waals surface area contributed by atoms with Crippen LogP contribution in [0.2, 0.25) is 0 Å². The molecule has 2 amide bonds. The van der Waals surface area contributed by atoms with Gasteiger partial charge in [-0.25, -0.2) is 4.98 Å². The fourth-order valence-corrected chi connectivity index (χ4v) is 3.83. The molecule has 7 heteroatoms. The van der Waals surface area contributed by atoms with Crippen LogP contribution in [-0.2, 0) is 4.79 Å². The second-order valence-electron chi connectivity index (χ2n) is 7.69. The van der Waals surface area contributed by atoms with Crippen LogP contribution in [0.4, 0.5) is 17.2 Å². The number of hydrogen-bond donors (Lipinski definition) is 2. The van der Waals surface area contributed by atoms with E-state index in [0.717, 1.165) is 25.2 Å². The Labute approximate surface area is 187 Å². The van der Waals surface area contributed by atoms with E-state index in [9.17, 15) is 9.59 Å². The van der Waals surface area contributed by atoms with Gasteiger partial charge in [-0.3, -0.25) is 9.59 Å². The van der Waals surface area contributed by atoms with Crippen LogP contribution in [0.5, 0.6) is 5.75 Å². The SMILES string of the molecule is COc1ccccc1NC(=O)c1ccc(NC(=O)C2CCCN(c3ccccn3)C2)cc1. The molecule has 0 bridgehead atoms. The summed E-state index contributed by atoms with van der Waals surface area (Å²) < 4.78 is 5.27. The third-order valence-electron chi connectivity index (χ3n) is 5.54. The van der Waals surface area contributed by atoms with Gasteiger partial charge in [0.05, 0.1) is 18.7 Å². The Balaban J connectivity index is 1.36. The molecule has 1 fully saturated rings. The van der Waals surface area contributed by atoms with Gasteiger partial charge in [-0.15, -0.1) is 0 Å². The molecule has 1 saturated heterocycles. The molecule has 0 radical (unpaired) electrons. The summed E-state index contributed by atoms with van der Waals surface area (Å²) in [6, 6.07) is 19.9. The van der Waals surface area contributed by atoms with E-state index in [1.54, 1.807) is 49.7 Å². The Kier molecular flexibility index (Phi) is 6.65. The Morgan fingerprint density at radius 1 is 1.00 bits per heavy atom. The number of benzene rings is 2. The lowest BCUT2D eigenvalue weighted by Gasteiger charge is -2.32. The minimum absolute atomic E-state index is 0.0168. The number of nitrogens with one attached hydrogen (secondary N) is 2. The number of methoxy groups -OCH3 is 1. The van der Waals surface area contributed by atoms with Crippen molar-refractivity contribution in [2.75, 3.05) is 35.7 Å². The van der Waals surface area contributed by atoms with Crippen molar-refractivity contribution in [2.24, 2.45) is 5.92 Å². The number of para-hydroxylation sites is 2. The van der Waals surface area contributed by atoms with Crippen LogP contribution in [0.3, 0.4) is 0 Å². The fourth-order valence-electron chi connectivity index (χ4n) is 3.83. The first-order valence-electron chi connectivity index (χ1n) is 10.7. The number of amides is 2. The van der Waals surface area contributed by atoms with E-state index in [2.05, 4.69) is 20.5 Å². The minimum atomic E-state index is -0.245. The molecule has 0 aliphatic carbocycles. The van der Waals surface area contributed by atoms with Crippen LogP contribution in [0.15, 0.2) is 72.9 Å². The Morgan fingerprint density at radius 2 is 1.78 bits per heavy atom. The van der Waals surface area contributed by atoms with Crippen molar-refractivity contribution in [3.8, 4) is 5.75 Å². The predicted molar refractivity (Wildman–Crippen MR) is 125 cm³/mol. The Hall–Kier alpha value is -3.87. The smallest absolute Gasteiger partial charge is 0.255 e. The Morgan fingerprint density at radius 3 is 2.53 bits per heavy atom. The van der Waals surface area contributed by atoms with Gasteiger partial charge in [0.1, 0.15) is 11.6 Å². The number of pyridine rings is 1. The van der Waals surface area contributed by atoms with Crippen molar-refractivity contribution in [2.45, 2.75) is 12.8 Å². The number of ether oxygens (including phenoxy) is 1. The molecular weight excluding hydrogens is 404 g/mol. The van der Waals surface area contributed by atoms with Gasteiger partial charge in [-0.05, 0) is 61.4 Å². The van der Waals surface area contributed by atoms with E-state index in [-0.39, 0.29) is 17.7 Å². The molecule has 1 aromatic heterocycles. The summed E-state index contributed by atoms with van der Waals surface area (Å²) in [4.78, 5) is 31.9. The van der Waals surface area contributed by atoms with Crippen molar-refractivity contribution in [3.05, 3.63) is 78.5 Å². The van der Waals surface area contributed by atoms with Gasteiger partial charge < -0.3 is 20.3 Å². The molecule has 2 heterocycles. The van der Waals surface area contributed by atoms with Gasteiger partial charge in [0.2, 0.25) is 5.91 Å².